The molecule has 5 nitrogen and oxygen atoms in total. The Labute approximate surface area is 163 Å². The van der Waals surface area contributed by atoms with Gasteiger partial charge in [-0.3, -0.25) is 9.59 Å². The van der Waals surface area contributed by atoms with Gasteiger partial charge in [0, 0.05) is 24.7 Å². The van der Waals surface area contributed by atoms with E-state index in [2.05, 4.69) is 6.92 Å². The van der Waals surface area contributed by atoms with E-state index in [1.165, 1.54) is 0 Å². The first-order valence-corrected chi connectivity index (χ1v) is 10.5. The van der Waals surface area contributed by atoms with Crippen LogP contribution in [0, 0.1) is 17.3 Å². The number of ketones is 1. The van der Waals surface area contributed by atoms with Gasteiger partial charge in [-0.25, -0.2) is 0 Å². The molecule has 1 rings (SSSR count). The molecule has 0 amide bonds. The number of aliphatic carboxylic acids is 1. The smallest absolute Gasteiger partial charge is 0.303 e. The fourth-order valence-electron chi connectivity index (χ4n) is 3.86. The van der Waals surface area contributed by atoms with Crippen LogP contribution in [0.25, 0.3) is 0 Å². The van der Waals surface area contributed by atoms with Crippen LogP contribution in [0.5, 0.6) is 0 Å². The third kappa shape index (κ3) is 8.14. The van der Waals surface area contributed by atoms with Crippen molar-refractivity contribution in [3.63, 3.8) is 0 Å². The monoisotopic (exact) mass is 382 g/mol. The van der Waals surface area contributed by atoms with Crippen molar-refractivity contribution in [3.05, 3.63) is 12.2 Å². The van der Waals surface area contributed by atoms with E-state index in [1.54, 1.807) is 6.08 Å². The van der Waals surface area contributed by atoms with Crippen LogP contribution in [-0.2, 0) is 9.59 Å². The van der Waals surface area contributed by atoms with Gasteiger partial charge in [0.15, 0.2) is 0 Å². The first kappa shape index (κ1) is 23.8. The number of carbonyl (C=O) groups is 2. The van der Waals surface area contributed by atoms with Crippen LogP contribution in [0.2, 0.25) is 0 Å². The second kappa shape index (κ2) is 11.6. The summed E-state index contributed by atoms with van der Waals surface area (Å²) in [6.07, 6.45) is 9.80. The lowest BCUT2D eigenvalue weighted by Crippen LogP contribution is -2.28. The Balaban J connectivity index is 2.55. The normalized spacial score (nSPS) is 24.6. The summed E-state index contributed by atoms with van der Waals surface area (Å²) in [5.74, 6) is -1.09. The number of unbranched alkanes of at least 4 members (excludes halogenated alkanes) is 4. The lowest BCUT2D eigenvalue weighted by molar-refractivity contribution is -0.137. The Morgan fingerprint density at radius 2 is 1.89 bits per heavy atom. The zero-order valence-electron chi connectivity index (χ0n) is 17.2. The van der Waals surface area contributed by atoms with Gasteiger partial charge in [-0.05, 0) is 24.7 Å². The van der Waals surface area contributed by atoms with Crippen molar-refractivity contribution in [2.24, 2.45) is 17.3 Å². The number of carboxylic acids is 1. The van der Waals surface area contributed by atoms with Crippen LogP contribution < -0.4 is 0 Å². The van der Waals surface area contributed by atoms with Crippen LogP contribution in [0.3, 0.4) is 0 Å². The van der Waals surface area contributed by atoms with Crippen molar-refractivity contribution in [3.8, 4) is 0 Å². The first-order valence-electron chi connectivity index (χ1n) is 10.5. The summed E-state index contributed by atoms with van der Waals surface area (Å²) in [5, 5.41) is 29.4. The van der Waals surface area contributed by atoms with Gasteiger partial charge in [0.05, 0.1) is 12.2 Å². The molecule has 0 radical (unpaired) electrons. The summed E-state index contributed by atoms with van der Waals surface area (Å²) in [6.45, 7) is 6.22. The molecule has 0 aromatic heterocycles. The van der Waals surface area contributed by atoms with E-state index >= 15 is 0 Å². The van der Waals surface area contributed by atoms with E-state index in [0.29, 0.717) is 12.8 Å². The molecule has 0 unspecified atom stereocenters. The molecule has 27 heavy (non-hydrogen) atoms. The van der Waals surface area contributed by atoms with E-state index in [-0.39, 0.29) is 35.9 Å². The van der Waals surface area contributed by atoms with E-state index in [9.17, 15) is 19.8 Å². The van der Waals surface area contributed by atoms with E-state index in [4.69, 9.17) is 5.11 Å². The molecular formula is C22H38O5. The number of aliphatic hydroxyl groups is 2. The van der Waals surface area contributed by atoms with Crippen LogP contribution in [0.4, 0.5) is 0 Å². The summed E-state index contributed by atoms with van der Waals surface area (Å²) in [6, 6.07) is 0. The number of carbonyl (C=O) groups excluding carboxylic acids is 1. The summed E-state index contributed by atoms with van der Waals surface area (Å²) in [4.78, 5) is 22.8. The first-order chi connectivity index (χ1) is 12.7. The largest absolute Gasteiger partial charge is 0.481 e. The van der Waals surface area contributed by atoms with Gasteiger partial charge in [-0.2, -0.15) is 0 Å². The molecule has 4 atom stereocenters. The molecule has 3 N–H and O–H groups in total. The molecule has 0 spiro atoms. The fraction of sp³-hybridized carbons (Fsp3) is 0.818. The van der Waals surface area contributed by atoms with Crippen molar-refractivity contribution in [1.29, 1.82) is 0 Å². The molecule has 156 valence electrons. The average Bonchev–Trinajstić information content (AvgIpc) is 2.86. The summed E-state index contributed by atoms with van der Waals surface area (Å²) < 4.78 is 0. The van der Waals surface area contributed by atoms with Crippen molar-refractivity contribution in [2.75, 3.05) is 0 Å². The highest BCUT2D eigenvalue weighted by Crippen LogP contribution is 2.35. The molecule has 1 aliphatic carbocycles. The maximum atomic E-state index is 12.3. The van der Waals surface area contributed by atoms with Crippen LogP contribution in [-0.4, -0.2) is 39.3 Å². The molecule has 0 heterocycles. The van der Waals surface area contributed by atoms with Gasteiger partial charge in [0.25, 0.3) is 0 Å². The van der Waals surface area contributed by atoms with Gasteiger partial charge < -0.3 is 15.3 Å². The number of hydrogen-bond donors (Lipinski definition) is 3. The predicted octanol–water partition coefficient (Wildman–Crippen LogP) is 4.11. The van der Waals surface area contributed by atoms with Crippen molar-refractivity contribution >= 4 is 11.8 Å². The molecule has 0 saturated heterocycles. The highest BCUT2D eigenvalue weighted by Gasteiger charge is 2.39. The predicted molar refractivity (Wildman–Crippen MR) is 106 cm³/mol. The second-order valence-electron chi connectivity index (χ2n) is 8.69. The highest BCUT2D eigenvalue weighted by atomic mass is 16.4. The standard InChI is InChI=1S/C22H38O5/c1-4-5-14-22(2,3)20(25)13-12-17-16(18(23)15-19(17)24)10-8-6-7-9-11-21(26)27/h12-13,16-17,19-20,24-25H,4-11,14-15H2,1-3H3,(H,26,27)/b13-12+/t16-,17-,19+,20-/m1/s1. The Morgan fingerprint density at radius 3 is 2.52 bits per heavy atom. The van der Waals surface area contributed by atoms with E-state index < -0.39 is 18.2 Å². The fourth-order valence-corrected chi connectivity index (χ4v) is 3.86. The Morgan fingerprint density at radius 1 is 1.22 bits per heavy atom. The van der Waals surface area contributed by atoms with Gasteiger partial charge in [0.1, 0.15) is 5.78 Å². The molecule has 1 fully saturated rings. The maximum Gasteiger partial charge on any atom is 0.303 e. The Hall–Kier alpha value is -1.20. The van der Waals surface area contributed by atoms with Crippen LogP contribution >= 0.6 is 0 Å². The van der Waals surface area contributed by atoms with Crippen LogP contribution in [0.15, 0.2) is 12.2 Å². The molecule has 0 aromatic carbocycles. The van der Waals surface area contributed by atoms with Gasteiger partial charge in [-0.15, -0.1) is 0 Å². The summed E-state index contributed by atoms with van der Waals surface area (Å²) >= 11 is 0. The quantitative estimate of drug-likeness (QED) is 0.329. The highest BCUT2D eigenvalue weighted by molar-refractivity contribution is 5.84. The lowest BCUT2D eigenvalue weighted by Gasteiger charge is -2.29. The van der Waals surface area contributed by atoms with E-state index in [1.807, 2.05) is 19.9 Å². The number of hydrogen-bond acceptors (Lipinski definition) is 4. The number of rotatable bonds is 13. The number of aliphatic hydroxyl groups excluding tert-OH is 2. The molecule has 1 aliphatic rings. The lowest BCUT2D eigenvalue weighted by atomic mass is 9.80. The molecule has 1 saturated carbocycles. The molecular weight excluding hydrogens is 344 g/mol. The number of Topliss-reactive ketones (excluding diaryl/α,β-unsaturated/α-hetero) is 1. The minimum absolute atomic E-state index is 0.0995. The topological polar surface area (TPSA) is 94.8 Å². The zero-order valence-corrected chi connectivity index (χ0v) is 17.2. The van der Waals surface area contributed by atoms with Crippen LogP contribution in [0.1, 0.15) is 85.0 Å². The molecule has 5 heteroatoms. The van der Waals surface area contributed by atoms with Crippen molar-refractivity contribution in [2.45, 2.75) is 97.2 Å². The summed E-state index contributed by atoms with van der Waals surface area (Å²) in [7, 11) is 0. The Kier molecular flexibility index (Phi) is 10.2. The summed E-state index contributed by atoms with van der Waals surface area (Å²) in [5.41, 5.74) is -0.223. The van der Waals surface area contributed by atoms with Gasteiger partial charge in [0.2, 0.25) is 0 Å². The number of carboxylic acid groups (broad SMARTS) is 1. The second-order valence-corrected chi connectivity index (χ2v) is 8.69. The molecule has 0 aliphatic heterocycles. The van der Waals surface area contributed by atoms with Gasteiger partial charge >= 0.3 is 5.97 Å². The van der Waals surface area contributed by atoms with Gasteiger partial charge in [-0.1, -0.05) is 65.0 Å². The maximum absolute atomic E-state index is 12.3. The SMILES string of the molecule is CCCCC(C)(C)[C@H](O)/C=C/[C@H]1[C@@H](O)CC(=O)[C@@H]1CCCCCCC(=O)O. The third-order valence-corrected chi connectivity index (χ3v) is 5.88. The zero-order chi connectivity index (χ0) is 20.4. The third-order valence-electron chi connectivity index (χ3n) is 5.88. The van der Waals surface area contributed by atoms with E-state index in [0.717, 1.165) is 38.5 Å². The molecule has 0 bridgehead atoms. The minimum Gasteiger partial charge on any atom is -0.481 e. The Bertz CT molecular complexity index is 497. The van der Waals surface area contributed by atoms with Crippen molar-refractivity contribution < 1.29 is 24.9 Å². The van der Waals surface area contributed by atoms with Crippen molar-refractivity contribution in [1.82, 2.24) is 0 Å². The molecule has 0 aromatic rings. The average molecular weight is 383 g/mol. The minimum atomic E-state index is -0.769.